The maximum absolute atomic E-state index is 12.6. The monoisotopic (exact) mass is 432 g/mol. The highest BCUT2D eigenvalue weighted by Crippen LogP contribution is 2.23. The second kappa shape index (κ2) is 9.81. The summed E-state index contributed by atoms with van der Waals surface area (Å²) in [5.74, 6) is -0.907. The average Bonchev–Trinajstić information content (AvgIpc) is 3.24. The summed E-state index contributed by atoms with van der Waals surface area (Å²) in [6.07, 6.45) is 6.69. The molecule has 0 bridgehead atoms. The minimum Gasteiger partial charge on any atom is -0.467 e. The van der Waals surface area contributed by atoms with Crippen molar-refractivity contribution in [3.63, 3.8) is 0 Å². The van der Waals surface area contributed by atoms with Crippen LogP contribution < -0.4 is 5.32 Å². The second-order valence-corrected chi connectivity index (χ2v) is 8.32. The minimum atomic E-state index is -0.814. The first kappa shape index (κ1) is 21.8. The van der Waals surface area contributed by atoms with Crippen molar-refractivity contribution in [2.45, 2.75) is 51.0 Å². The van der Waals surface area contributed by atoms with E-state index in [-0.39, 0.29) is 24.5 Å². The van der Waals surface area contributed by atoms with Crippen LogP contribution in [0.25, 0.3) is 10.9 Å². The fraction of sp³-hybridized carbons (Fsp3) is 0.346. The Kier molecular flexibility index (Phi) is 6.69. The molecule has 166 valence electrons. The topological polar surface area (TPSA) is 88.3 Å². The molecule has 0 unspecified atom stereocenters. The molecule has 1 heterocycles. The molecule has 32 heavy (non-hydrogen) atoms. The Labute approximate surface area is 187 Å². The lowest BCUT2D eigenvalue weighted by atomic mass is 9.89. The molecule has 1 atom stereocenters. The van der Waals surface area contributed by atoms with Gasteiger partial charge in [0.15, 0.2) is 5.78 Å². The molecule has 0 saturated heterocycles. The van der Waals surface area contributed by atoms with Crippen LogP contribution in [0.15, 0.2) is 48.7 Å². The van der Waals surface area contributed by atoms with Gasteiger partial charge in [0.1, 0.15) is 6.04 Å². The summed E-state index contributed by atoms with van der Waals surface area (Å²) < 4.78 is 4.89. The molecule has 0 fully saturated rings. The smallest absolute Gasteiger partial charge is 0.328 e. The van der Waals surface area contributed by atoms with Gasteiger partial charge in [0.05, 0.1) is 7.11 Å². The van der Waals surface area contributed by atoms with Gasteiger partial charge >= 0.3 is 5.97 Å². The Morgan fingerprint density at radius 2 is 1.81 bits per heavy atom. The number of rotatable bonds is 8. The summed E-state index contributed by atoms with van der Waals surface area (Å²) in [6, 6.07) is 12.8. The van der Waals surface area contributed by atoms with Gasteiger partial charge in [0.25, 0.3) is 0 Å². The summed E-state index contributed by atoms with van der Waals surface area (Å²) in [4.78, 5) is 40.7. The van der Waals surface area contributed by atoms with Crippen molar-refractivity contribution in [1.82, 2.24) is 10.3 Å². The van der Waals surface area contributed by atoms with E-state index in [0.717, 1.165) is 35.7 Å². The number of aryl methyl sites for hydroxylation is 2. The number of ether oxygens (including phenoxy) is 1. The fourth-order valence-electron chi connectivity index (χ4n) is 4.40. The van der Waals surface area contributed by atoms with Crippen molar-refractivity contribution in [1.29, 1.82) is 0 Å². The predicted octanol–water partition coefficient (Wildman–Crippen LogP) is 3.91. The Morgan fingerprint density at radius 3 is 2.62 bits per heavy atom. The number of aromatic nitrogens is 1. The molecular weight excluding hydrogens is 404 g/mol. The first-order valence-electron chi connectivity index (χ1n) is 11.1. The zero-order valence-electron chi connectivity index (χ0n) is 18.3. The molecule has 1 amide bonds. The fourth-order valence-corrected chi connectivity index (χ4v) is 4.40. The standard InChI is InChI=1S/C26H28N2O4/c1-32-26(31)23(15-20-16-27-22-9-5-4-8-21(20)22)28-25(30)13-12-24(29)19-11-10-17-6-2-3-7-18(17)14-19/h4-5,8-11,14,16,23,27H,2-3,6-7,12-13,15H2,1H3,(H,28,30)/t23-/m0/s1. The van der Waals surface area contributed by atoms with Crippen molar-refractivity contribution >= 4 is 28.6 Å². The van der Waals surface area contributed by atoms with Crippen molar-refractivity contribution in [2.24, 2.45) is 0 Å². The van der Waals surface area contributed by atoms with Gasteiger partial charge in [-0.05, 0) is 54.5 Å². The number of methoxy groups -OCH3 is 1. The molecule has 1 aliphatic carbocycles. The van der Waals surface area contributed by atoms with Crippen LogP contribution in [0.3, 0.4) is 0 Å². The average molecular weight is 433 g/mol. The molecule has 0 aliphatic heterocycles. The van der Waals surface area contributed by atoms with Crippen LogP contribution >= 0.6 is 0 Å². The van der Waals surface area contributed by atoms with E-state index in [1.165, 1.54) is 24.7 Å². The lowest BCUT2D eigenvalue weighted by Crippen LogP contribution is -2.43. The molecule has 1 aromatic heterocycles. The third-order valence-electron chi connectivity index (χ3n) is 6.17. The number of Topliss-reactive ketones (excluding diaryl/α,β-unsaturated/α-hetero) is 1. The number of esters is 1. The maximum Gasteiger partial charge on any atom is 0.328 e. The van der Waals surface area contributed by atoms with E-state index >= 15 is 0 Å². The number of nitrogens with one attached hydrogen (secondary N) is 2. The Hall–Kier alpha value is -3.41. The third kappa shape index (κ3) is 4.90. The summed E-state index contributed by atoms with van der Waals surface area (Å²) in [7, 11) is 1.30. The van der Waals surface area contributed by atoms with Crippen molar-refractivity contribution in [2.75, 3.05) is 7.11 Å². The molecule has 6 heteroatoms. The number of amides is 1. The molecule has 0 radical (unpaired) electrons. The molecule has 0 spiro atoms. The largest absolute Gasteiger partial charge is 0.467 e. The number of para-hydroxylation sites is 1. The molecule has 0 saturated carbocycles. The van der Waals surface area contributed by atoms with Crippen LogP contribution in [-0.4, -0.2) is 35.8 Å². The van der Waals surface area contributed by atoms with Crippen molar-refractivity contribution < 1.29 is 19.1 Å². The number of benzene rings is 2. The Morgan fingerprint density at radius 1 is 1.03 bits per heavy atom. The summed E-state index contributed by atoms with van der Waals surface area (Å²) in [5.41, 5.74) is 5.11. The second-order valence-electron chi connectivity index (χ2n) is 8.32. The first-order valence-corrected chi connectivity index (χ1v) is 11.1. The minimum absolute atomic E-state index is 0.0251. The van der Waals surface area contributed by atoms with Gasteiger partial charge in [0, 0.05) is 41.9 Å². The molecule has 2 N–H and O–H groups in total. The van der Waals surface area contributed by atoms with E-state index in [1.807, 2.05) is 48.7 Å². The van der Waals surface area contributed by atoms with E-state index in [9.17, 15) is 14.4 Å². The van der Waals surface area contributed by atoms with Crippen molar-refractivity contribution in [3.05, 3.63) is 70.9 Å². The van der Waals surface area contributed by atoms with Gasteiger partial charge in [-0.2, -0.15) is 0 Å². The van der Waals surface area contributed by atoms with E-state index in [1.54, 1.807) is 0 Å². The van der Waals surface area contributed by atoms with Crippen LogP contribution in [0.1, 0.15) is 52.7 Å². The van der Waals surface area contributed by atoms with Crippen LogP contribution in [-0.2, 0) is 33.6 Å². The van der Waals surface area contributed by atoms with Gasteiger partial charge < -0.3 is 15.0 Å². The lowest BCUT2D eigenvalue weighted by Gasteiger charge is -2.17. The Balaban J connectivity index is 1.37. The number of carbonyl (C=O) groups is 3. The van der Waals surface area contributed by atoms with E-state index in [0.29, 0.717) is 12.0 Å². The zero-order valence-corrected chi connectivity index (χ0v) is 18.3. The van der Waals surface area contributed by atoms with Gasteiger partial charge in [0.2, 0.25) is 5.91 Å². The van der Waals surface area contributed by atoms with E-state index in [2.05, 4.69) is 10.3 Å². The number of hydrogen-bond donors (Lipinski definition) is 2. The quantitative estimate of drug-likeness (QED) is 0.417. The SMILES string of the molecule is COC(=O)[C@H](Cc1c[nH]c2ccccc12)NC(=O)CCC(=O)c1ccc2c(c1)CCCC2. The first-order chi connectivity index (χ1) is 15.5. The molecule has 1 aliphatic rings. The molecule has 6 nitrogen and oxygen atoms in total. The Bertz CT molecular complexity index is 1150. The normalized spacial score (nSPS) is 13.9. The third-order valence-corrected chi connectivity index (χ3v) is 6.17. The van der Waals surface area contributed by atoms with Gasteiger partial charge in [-0.3, -0.25) is 9.59 Å². The van der Waals surface area contributed by atoms with Crippen molar-refractivity contribution in [3.8, 4) is 0 Å². The number of ketones is 1. The van der Waals surface area contributed by atoms with Crippen LogP contribution in [0.2, 0.25) is 0 Å². The zero-order chi connectivity index (χ0) is 22.5. The molecule has 3 aromatic rings. The maximum atomic E-state index is 12.6. The highest BCUT2D eigenvalue weighted by molar-refractivity contribution is 5.98. The highest BCUT2D eigenvalue weighted by atomic mass is 16.5. The summed E-state index contributed by atoms with van der Waals surface area (Å²) >= 11 is 0. The molecule has 4 rings (SSSR count). The highest BCUT2D eigenvalue weighted by Gasteiger charge is 2.24. The van der Waals surface area contributed by atoms with Crippen LogP contribution in [0, 0.1) is 0 Å². The van der Waals surface area contributed by atoms with Gasteiger partial charge in [-0.15, -0.1) is 0 Å². The number of aromatic amines is 1. The summed E-state index contributed by atoms with van der Waals surface area (Å²) in [6.45, 7) is 0. The lowest BCUT2D eigenvalue weighted by molar-refractivity contribution is -0.145. The number of H-pyrrole nitrogens is 1. The number of fused-ring (bicyclic) bond motifs is 2. The van der Waals surface area contributed by atoms with E-state index in [4.69, 9.17) is 4.74 Å². The molecular formula is C26H28N2O4. The van der Waals surface area contributed by atoms with Crippen LogP contribution in [0.4, 0.5) is 0 Å². The molecule has 2 aromatic carbocycles. The number of hydrogen-bond acceptors (Lipinski definition) is 4. The van der Waals surface area contributed by atoms with E-state index < -0.39 is 12.0 Å². The van der Waals surface area contributed by atoms with Gasteiger partial charge in [-0.1, -0.05) is 30.3 Å². The van der Waals surface area contributed by atoms with Gasteiger partial charge in [-0.25, -0.2) is 4.79 Å². The summed E-state index contributed by atoms with van der Waals surface area (Å²) in [5, 5.41) is 3.75. The van der Waals surface area contributed by atoms with Crippen LogP contribution in [0.5, 0.6) is 0 Å². The number of carbonyl (C=O) groups excluding carboxylic acids is 3. The predicted molar refractivity (Wildman–Crippen MR) is 123 cm³/mol.